The number of allylic oxidation sites excluding steroid dienone is 1. The first-order valence-electron chi connectivity index (χ1n) is 6.96. The van der Waals surface area contributed by atoms with E-state index in [1.165, 1.54) is 4.57 Å². The minimum Gasteiger partial charge on any atom is -0.388 e. The van der Waals surface area contributed by atoms with Crippen LogP contribution in [0.25, 0.3) is 0 Å². The Kier molecular flexibility index (Phi) is 8.76. The Labute approximate surface area is 120 Å². The predicted molar refractivity (Wildman–Crippen MR) is 80.7 cm³/mol. The largest absolute Gasteiger partial charge is 0.388 e. The Morgan fingerprint density at radius 3 is 2.50 bits per heavy atom. The van der Waals surface area contributed by atoms with Crippen molar-refractivity contribution >= 4 is 0 Å². The molecule has 5 heteroatoms. The van der Waals surface area contributed by atoms with Crippen LogP contribution in [-0.2, 0) is 4.74 Å². The van der Waals surface area contributed by atoms with Gasteiger partial charge in [-0.3, -0.25) is 4.57 Å². The molecule has 0 aliphatic carbocycles. The zero-order valence-corrected chi connectivity index (χ0v) is 13.0. The highest BCUT2D eigenvalue weighted by atomic mass is 16.5. The number of rotatable bonds is 1. The molecule has 1 aromatic heterocycles. The second-order valence-corrected chi connectivity index (χ2v) is 4.31. The van der Waals surface area contributed by atoms with Crippen molar-refractivity contribution < 1.29 is 9.84 Å². The summed E-state index contributed by atoms with van der Waals surface area (Å²) in [7, 11) is 0. The minimum atomic E-state index is -0.637. The van der Waals surface area contributed by atoms with Gasteiger partial charge in [0.05, 0.1) is 6.10 Å². The van der Waals surface area contributed by atoms with E-state index in [2.05, 4.69) is 11.6 Å². The van der Waals surface area contributed by atoms with Crippen LogP contribution in [0, 0.1) is 6.92 Å². The first kappa shape index (κ1) is 18.5. The Morgan fingerprint density at radius 1 is 1.55 bits per heavy atom. The van der Waals surface area contributed by atoms with E-state index < -0.39 is 12.3 Å². The number of aromatic nitrogens is 2. The summed E-state index contributed by atoms with van der Waals surface area (Å²) in [5.41, 5.74) is 0.282. The molecular weight excluding hydrogens is 256 g/mol. The molecule has 114 valence electrons. The molecule has 0 bridgehead atoms. The average Bonchev–Trinajstić information content (AvgIpc) is 2.72. The molecule has 1 aromatic rings. The number of aryl methyl sites for hydroxylation is 1. The van der Waals surface area contributed by atoms with Gasteiger partial charge in [-0.25, -0.2) is 4.79 Å². The van der Waals surface area contributed by atoms with Crippen molar-refractivity contribution in [3.63, 3.8) is 0 Å². The number of aliphatic hydroxyl groups excluding tert-OH is 1. The van der Waals surface area contributed by atoms with Crippen LogP contribution in [0.5, 0.6) is 0 Å². The van der Waals surface area contributed by atoms with Gasteiger partial charge in [-0.2, -0.15) is 4.98 Å². The van der Waals surface area contributed by atoms with E-state index in [1.807, 2.05) is 27.7 Å². The quantitative estimate of drug-likeness (QED) is 0.804. The second-order valence-electron chi connectivity index (χ2n) is 4.31. The molecule has 5 nitrogen and oxygen atoms in total. The first-order valence-corrected chi connectivity index (χ1v) is 6.96. The van der Waals surface area contributed by atoms with Gasteiger partial charge in [-0.15, -0.1) is 6.58 Å². The molecule has 3 atom stereocenters. The van der Waals surface area contributed by atoms with E-state index >= 15 is 0 Å². The summed E-state index contributed by atoms with van der Waals surface area (Å²) in [4.78, 5) is 15.3. The molecule has 1 aliphatic rings. The van der Waals surface area contributed by atoms with Crippen LogP contribution in [0.4, 0.5) is 0 Å². The van der Waals surface area contributed by atoms with E-state index in [1.54, 1.807) is 25.3 Å². The highest BCUT2D eigenvalue weighted by molar-refractivity contribution is 4.97. The van der Waals surface area contributed by atoms with Crippen molar-refractivity contribution in [2.24, 2.45) is 0 Å². The molecule has 2 rings (SSSR count). The van der Waals surface area contributed by atoms with E-state index in [0.29, 0.717) is 12.1 Å². The molecule has 2 heterocycles. The summed E-state index contributed by atoms with van der Waals surface area (Å²) in [6.07, 6.45) is 2.64. The summed E-state index contributed by atoms with van der Waals surface area (Å²) >= 11 is 0. The fourth-order valence-electron chi connectivity index (χ4n) is 1.78. The Bertz CT molecular complexity index is 457. The highest BCUT2D eigenvalue weighted by Crippen LogP contribution is 2.26. The standard InChI is InChI=1S/C10H14N2O3.C3H6.C2H6/c1-6-3-4-12(10(14)11-6)9-8(13)5-7(2)15-9;1-3-2;1-2/h3-4,7-9,13H,5H2,1-2H3;3H,1H2,2H3;1-2H3. The summed E-state index contributed by atoms with van der Waals surface area (Å²) in [6, 6.07) is 1.72. The monoisotopic (exact) mass is 282 g/mol. The number of ether oxygens (including phenoxy) is 1. The summed E-state index contributed by atoms with van der Waals surface area (Å²) in [5.74, 6) is 0. The summed E-state index contributed by atoms with van der Waals surface area (Å²) in [5, 5.41) is 9.69. The van der Waals surface area contributed by atoms with Crippen LogP contribution in [0.15, 0.2) is 29.7 Å². The van der Waals surface area contributed by atoms with Crippen molar-refractivity contribution in [1.29, 1.82) is 0 Å². The third kappa shape index (κ3) is 5.27. The maximum Gasteiger partial charge on any atom is 0.349 e. The fraction of sp³-hybridized carbons (Fsp3) is 0.600. The zero-order valence-electron chi connectivity index (χ0n) is 13.0. The minimum absolute atomic E-state index is 0.0294. The lowest BCUT2D eigenvalue weighted by molar-refractivity contribution is -0.0348. The molecule has 0 saturated carbocycles. The molecule has 20 heavy (non-hydrogen) atoms. The van der Waals surface area contributed by atoms with Gasteiger partial charge in [-0.05, 0) is 26.8 Å². The number of hydrogen-bond acceptors (Lipinski definition) is 4. The van der Waals surface area contributed by atoms with E-state index in [9.17, 15) is 9.90 Å². The molecule has 1 aliphatic heterocycles. The summed E-state index contributed by atoms with van der Waals surface area (Å²) in [6.45, 7) is 12.9. The SMILES string of the molecule is C=CC.CC.Cc1ccn(C2OC(C)CC2O)c(=O)n1. The molecule has 1 saturated heterocycles. The van der Waals surface area contributed by atoms with Gasteiger partial charge in [0.25, 0.3) is 0 Å². The molecule has 0 amide bonds. The van der Waals surface area contributed by atoms with E-state index in [-0.39, 0.29) is 11.8 Å². The Hall–Kier alpha value is -1.46. The predicted octanol–water partition coefficient (Wildman–Crippen LogP) is 2.44. The molecule has 3 unspecified atom stereocenters. The number of aliphatic hydroxyl groups is 1. The highest BCUT2D eigenvalue weighted by Gasteiger charge is 2.33. The lowest BCUT2D eigenvalue weighted by Crippen LogP contribution is -2.31. The van der Waals surface area contributed by atoms with Crippen LogP contribution in [0.2, 0.25) is 0 Å². The van der Waals surface area contributed by atoms with Crippen molar-refractivity contribution in [1.82, 2.24) is 9.55 Å². The zero-order chi connectivity index (χ0) is 15.7. The molecule has 1 N–H and O–H groups in total. The van der Waals surface area contributed by atoms with E-state index in [0.717, 1.165) is 0 Å². The van der Waals surface area contributed by atoms with Gasteiger partial charge in [0.15, 0.2) is 6.23 Å². The molecule has 0 spiro atoms. The Morgan fingerprint density at radius 2 is 2.10 bits per heavy atom. The first-order chi connectivity index (χ1) is 9.49. The van der Waals surface area contributed by atoms with Gasteiger partial charge in [0.1, 0.15) is 6.10 Å². The van der Waals surface area contributed by atoms with Crippen LogP contribution in [0.3, 0.4) is 0 Å². The third-order valence-corrected chi connectivity index (χ3v) is 2.52. The maximum absolute atomic E-state index is 11.5. The Balaban J connectivity index is 0.000000641. The van der Waals surface area contributed by atoms with Gasteiger partial charge in [0, 0.05) is 18.3 Å². The van der Waals surface area contributed by atoms with Crippen molar-refractivity contribution in [3.05, 3.63) is 41.1 Å². The van der Waals surface area contributed by atoms with Gasteiger partial charge in [0.2, 0.25) is 0 Å². The van der Waals surface area contributed by atoms with Crippen molar-refractivity contribution in [2.45, 2.75) is 59.5 Å². The maximum atomic E-state index is 11.5. The lowest BCUT2D eigenvalue weighted by Gasteiger charge is -2.16. The second kappa shape index (κ2) is 9.44. The average molecular weight is 282 g/mol. The van der Waals surface area contributed by atoms with Crippen LogP contribution in [0.1, 0.15) is 46.0 Å². The summed E-state index contributed by atoms with van der Waals surface area (Å²) < 4.78 is 6.79. The van der Waals surface area contributed by atoms with Crippen molar-refractivity contribution in [2.75, 3.05) is 0 Å². The van der Waals surface area contributed by atoms with Gasteiger partial charge >= 0.3 is 5.69 Å². The molecular formula is C15H26N2O3. The molecule has 1 fully saturated rings. The van der Waals surface area contributed by atoms with Crippen LogP contribution in [-0.4, -0.2) is 26.9 Å². The number of nitrogens with zero attached hydrogens (tertiary/aromatic N) is 2. The smallest absolute Gasteiger partial charge is 0.349 e. The molecule has 0 radical (unpaired) electrons. The fourth-order valence-corrected chi connectivity index (χ4v) is 1.78. The number of hydrogen-bond donors (Lipinski definition) is 1. The van der Waals surface area contributed by atoms with Crippen LogP contribution < -0.4 is 5.69 Å². The third-order valence-electron chi connectivity index (χ3n) is 2.52. The topological polar surface area (TPSA) is 64.3 Å². The van der Waals surface area contributed by atoms with E-state index in [4.69, 9.17) is 4.74 Å². The normalized spacial score (nSPS) is 24.0. The van der Waals surface area contributed by atoms with Crippen molar-refractivity contribution in [3.8, 4) is 0 Å². The molecule has 0 aromatic carbocycles. The van der Waals surface area contributed by atoms with Crippen LogP contribution >= 0.6 is 0 Å². The lowest BCUT2D eigenvalue weighted by atomic mass is 10.2. The van der Waals surface area contributed by atoms with Gasteiger partial charge in [-0.1, -0.05) is 19.9 Å². The van der Waals surface area contributed by atoms with Gasteiger partial charge < -0.3 is 9.84 Å².